The van der Waals surface area contributed by atoms with Crippen LogP contribution < -0.4 is 10.1 Å². The Morgan fingerprint density at radius 1 is 1.14 bits per heavy atom. The number of carbonyl (C=O) groups excluding carboxylic acids is 1. The standard InChI is InChI=1S/C23H31N3O2/c1-3-25(23(27)17-26-14-13-24-15-19(26)2)16-20-9-11-22(12-10-20)28-18-21-7-5-4-6-8-21/h4-12,19,24H,3,13-18H2,1-2H3/t19-/m1/s1. The maximum atomic E-state index is 12.8. The van der Waals surface area contributed by atoms with Crippen molar-refractivity contribution in [3.05, 3.63) is 65.7 Å². The number of amides is 1. The minimum atomic E-state index is 0.195. The Bertz CT molecular complexity index is 733. The molecule has 3 rings (SSSR count). The molecule has 0 radical (unpaired) electrons. The van der Waals surface area contributed by atoms with Crippen LogP contribution in [-0.4, -0.2) is 54.5 Å². The quantitative estimate of drug-likeness (QED) is 0.764. The third-order valence-corrected chi connectivity index (χ3v) is 5.26. The average molecular weight is 382 g/mol. The topological polar surface area (TPSA) is 44.8 Å². The molecule has 1 heterocycles. The molecular formula is C23H31N3O2. The van der Waals surface area contributed by atoms with Crippen LogP contribution in [-0.2, 0) is 17.9 Å². The molecule has 1 amide bonds. The molecule has 2 aromatic carbocycles. The van der Waals surface area contributed by atoms with Gasteiger partial charge in [-0.2, -0.15) is 0 Å². The van der Waals surface area contributed by atoms with Crippen molar-refractivity contribution in [3.63, 3.8) is 0 Å². The van der Waals surface area contributed by atoms with Crippen molar-refractivity contribution in [1.29, 1.82) is 0 Å². The van der Waals surface area contributed by atoms with Crippen LogP contribution >= 0.6 is 0 Å². The van der Waals surface area contributed by atoms with Crippen molar-refractivity contribution >= 4 is 5.91 Å². The molecule has 28 heavy (non-hydrogen) atoms. The fourth-order valence-electron chi connectivity index (χ4n) is 3.42. The van der Waals surface area contributed by atoms with Crippen LogP contribution in [0.1, 0.15) is 25.0 Å². The smallest absolute Gasteiger partial charge is 0.237 e. The molecule has 0 saturated carbocycles. The third kappa shape index (κ3) is 5.81. The van der Waals surface area contributed by atoms with Crippen LogP contribution in [0.3, 0.4) is 0 Å². The van der Waals surface area contributed by atoms with E-state index >= 15 is 0 Å². The lowest BCUT2D eigenvalue weighted by Crippen LogP contribution is -2.53. The number of benzene rings is 2. The van der Waals surface area contributed by atoms with E-state index in [0.29, 0.717) is 32.3 Å². The summed E-state index contributed by atoms with van der Waals surface area (Å²) in [5, 5.41) is 3.37. The van der Waals surface area contributed by atoms with Crippen molar-refractivity contribution in [1.82, 2.24) is 15.1 Å². The van der Waals surface area contributed by atoms with Crippen LogP contribution in [0.25, 0.3) is 0 Å². The summed E-state index contributed by atoms with van der Waals surface area (Å²) in [4.78, 5) is 16.9. The number of likely N-dealkylation sites (N-methyl/N-ethyl adjacent to an activating group) is 1. The zero-order chi connectivity index (χ0) is 19.8. The molecule has 0 bridgehead atoms. The normalized spacial score (nSPS) is 17.3. The minimum absolute atomic E-state index is 0.195. The van der Waals surface area contributed by atoms with E-state index in [4.69, 9.17) is 4.74 Å². The molecule has 2 aromatic rings. The molecule has 0 spiro atoms. The molecule has 150 valence electrons. The van der Waals surface area contributed by atoms with Crippen LogP contribution in [0.5, 0.6) is 5.75 Å². The molecule has 1 N–H and O–H groups in total. The fourth-order valence-corrected chi connectivity index (χ4v) is 3.42. The molecule has 0 aliphatic carbocycles. The van der Waals surface area contributed by atoms with Gasteiger partial charge in [-0.25, -0.2) is 0 Å². The molecule has 1 fully saturated rings. The maximum absolute atomic E-state index is 12.8. The Labute approximate surface area is 168 Å². The zero-order valence-electron chi connectivity index (χ0n) is 16.9. The summed E-state index contributed by atoms with van der Waals surface area (Å²) in [7, 11) is 0. The SMILES string of the molecule is CCN(Cc1ccc(OCc2ccccc2)cc1)C(=O)CN1CCNC[C@H]1C. The Hall–Kier alpha value is -2.37. The molecule has 1 aliphatic rings. The molecular weight excluding hydrogens is 350 g/mol. The predicted molar refractivity (Wildman–Crippen MR) is 112 cm³/mol. The summed E-state index contributed by atoms with van der Waals surface area (Å²) < 4.78 is 5.84. The highest BCUT2D eigenvalue weighted by Crippen LogP contribution is 2.16. The first kappa shape index (κ1) is 20.4. The number of ether oxygens (including phenoxy) is 1. The summed E-state index contributed by atoms with van der Waals surface area (Å²) in [6.45, 7) is 9.44. The van der Waals surface area contributed by atoms with Crippen LogP contribution in [0.2, 0.25) is 0 Å². The lowest BCUT2D eigenvalue weighted by molar-refractivity contribution is -0.133. The predicted octanol–water partition coefficient (Wildman–Crippen LogP) is 2.91. The van der Waals surface area contributed by atoms with E-state index in [1.165, 1.54) is 0 Å². The highest BCUT2D eigenvalue weighted by Gasteiger charge is 2.22. The van der Waals surface area contributed by atoms with E-state index in [1.807, 2.05) is 54.3 Å². The van der Waals surface area contributed by atoms with Gasteiger partial charge in [0.15, 0.2) is 0 Å². The molecule has 5 heteroatoms. The van der Waals surface area contributed by atoms with Gasteiger partial charge in [0.25, 0.3) is 0 Å². The van der Waals surface area contributed by atoms with E-state index in [2.05, 4.69) is 29.3 Å². The number of nitrogens with zero attached hydrogens (tertiary/aromatic N) is 2. The molecule has 1 aliphatic heterocycles. The van der Waals surface area contributed by atoms with Crippen molar-refractivity contribution in [2.24, 2.45) is 0 Å². The van der Waals surface area contributed by atoms with Gasteiger partial charge in [0.1, 0.15) is 12.4 Å². The van der Waals surface area contributed by atoms with Gasteiger partial charge < -0.3 is 15.0 Å². The minimum Gasteiger partial charge on any atom is -0.489 e. The Morgan fingerprint density at radius 3 is 2.57 bits per heavy atom. The second-order valence-electron chi connectivity index (χ2n) is 7.35. The zero-order valence-corrected chi connectivity index (χ0v) is 16.9. The monoisotopic (exact) mass is 381 g/mol. The Morgan fingerprint density at radius 2 is 1.89 bits per heavy atom. The summed E-state index contributed by atoms with van der Waals surface area (Å²) in [6.07, 6.45) is 0. The van der Waals surface area contributed by atoms with Crippen LogP contribution in [0, 0.1) is 0 Å². The van der Waals surface area contributed by atoms with Crippen LogP contribution in [0.4, 0.5) is 0 Å². The van der Waals surface area contributed by atoms with Gasteiger partial charge in [-0.1, -0.05) is 42.5 Å². The van der Waals surface area contributed by atoms with Gasteiger partial charge >= 0.3 is 0 Å². The highest BCUT2D eigenvalue weighted by molar-refractivity contribution is 5.78. The second-order valence-corrected chi connectivity index (χ2v) is 7.35. The van der Waals surface area contributed by atoms with Gasteiger partial charge in [-0.3, -0.25) is 9.69 Å². The van der Waals surface area contributed by atoms with Gasteiger partial charge in [-0.05, 0) is 37.1 Å². The number of nitrogens with one attached hydrogen (secondary N) is 1. The highest BCUT2D eigenvalue weighted by atomic mass is 16.5. The van der Waals surface area contributed by atoms with Gasteiger partial charge in [0.05, 0.1) is 6.54 Å². The number of carbonyl (C=O) groups is 1. The Balaban J connectivity index is 1.51. The first-order valence-electron chi connectivity index (χ1n) is 10.1. The first-order valence-corrected chi connectivity index (χ1v) is 10.1. The average Bonchev–Trinajstić information content (AvgIpc) is 2.73. The van der Waals surface area contributed by atoms with Crippen molar-refractivity contribution in [3.8, 4) is 5.75 Å². The number of piperazine rings is 1. The van der Waals surface area contributed by atoms with Gasteiger partial charge in [0, 0.05) is 38.8 Å². The second kappa shape index (κ2) is 10.2. The lowest BCUT2D eigenvalue weighted by atomic mass is 10.2. The molecule has 0 unspecified atom stereocenters. The largest absolute Gasteiger partial charge is 0.489 e. The van der Waals surface area contributed by atoms with Crippen molar-refractivity contribution < 1.29 is 9.53 Å². The first-order chi connectivity index (χ1) is 13.7. The number of rotatable bonds is 8. The Kier molecular flexibility index (Phi) is 7.46. The third-order valence-electron chi connectivity index (χ3n) is 5.26. The summed E-state index contributed by atoms with van der Waals surface area (Å²) in [6, 6.07) is 18.6. The van der Waals surface area contributed by atoms with Crippen LogP contribution in [0.15, 0.2) is 54.6 Å². The van der Waals surface area contributed by atoms with E-state index < -0.39 is 0 Å². The van der Waals surface area contributed by atoms with E-state index in [-0.39, 0.29) is 5.91 Å². The fraction of sp³-hybridized carbons (Fsp3) is 0.435. The molecule has 0 aromatic heterocycles. The molecule has 1 atom stereocenters. The number of hydrogen-bond donors (Lipinski definition) is 1. The summed E-state index contributed by atoms with van der Waals surface area (Å²) >= 11 is 0. The van der Waals surface area contributed by atoms with Crippen molar-refractivity contribution in [2.75, 3.05) is 32.7 Å². The molecule has 1 saturated heterocycles. The van der Waals surface area contributed by atoms with Crippen molar-refractivity contribution in [2.45, 2.75) is 33.0 Å². The number of hydrogen-bond acceptors (Lipinski definition) is 4. The summed E-state index contributed by atoms with van der Waals surface area (Å²) in [5.41, 5.74) is 2.27. The van der Waals surface area contributed by atoms with E-state index in [1.54, 1.807) is 0 Å². The summed E-state index contributed by atoms with van der Waals surface area (Å²) in [5.74, 6) is 1.04. The van der Waals surface area contributed by atoms with Gasteiger partial charge in [0.2, 0.25) is 5.91 Å². The van der Waals surface area contributed by atoms with E-state index in [0.717, 1.165) is 36.5 Å². The van der Waals surface area contributed by atoms with E-state index in [9.17, 15) is 4.79 Å². The maximum Gasteiger partial charge on any atom is 0.237 e. The lowest BCUT2D eigenvalue weighted by Gasteiger charge is -2.34. The van der Waals surface area contributed by atoms with Gasteiger partial charge in [-0.15, -0.1) is 0 Å². The molecule has 5 nitrogen and oxygen atoms in total.